The lowest BCUT2D eigenvalue weighted by atomic mass is 10.2. The molecule has 1 aromatic carbocycles. The van der Waals surface area contributed by atoms with Gasteiger partial charge in [-0.1, -0.05) is 25.0 Å². The van der Waals surface area contributed by atoms with Gasteiger partial charge in [0.25, 0.3) is 5.91 Å². The summed E-state index contributed by atoms with van der Waals surface area (Å²) in [5.74, 6) is -0.910. The van der Waals surface area contributed by atoms with Gasteiger partial charge in [-0.15, -0.1) is 0 Å². The largest absolute Gasteiger partial charge is 0.452 e. The number of carbonyl (C=O) groups excluding carboxylic acids is 2. The molecule has 0 spiro atoms. The first-order valence-electron chi connectivity index (χ1n) is 6.97. The second-order valence-electron chi connectivity index (χ2n) is 5.08. The molecule has 1 aromatic rings. The van der Waals surface area contributed by atoms with Crippen LogP contribution in [0.4, 0.5) is 0 Å². The normalized spacial score (nSPS) is 16.4. The second kappa shape index (κ2) is 7.36. The fraction of sp³-hybridized carbons (Fsp3) is 0.467. The zero-order chi connectivity index (χ0) is 15.2. The Kier molecular flexibility index (Phi) is 5.50. The van der Waals surface area contributed by atoms with Crippen molar-refractivity contribution in [1.29, 1.82) is 0 Å². The van der Waals surface area contributed by atoms with Gasteiger partial charge >= 0.3 is 5.97 Å². The van der Waals surface area contributed by atoms with E-state index >= 15 is 0 Å². The van der Waals surface area contributed by atoms with E-state index in [4.69, 9.17) is 4.74 Å². The van der Waals surface area contributed by atoms with Crippen molar-refractivity contribution in [1.82, 2.24) is 5.32 Å². The SMILES string of the molecule is C[S@](=O)c1ccccc1C(=O)OCC(=O)NC1CCCC1. The van der Waals surface area contributed by atoms with Crippen LogP contribution in [0.1, 0.15) is 36.0 Å². The van der Waals surface area contributed by atoms with Crippen molar-refractivity contribution in [2.45, 2.75) is 36.6 Å². The molecule has 1 fully saturated rings. The number of rotatable bonds is 5. The Bertz CT molecular complexity index is 552. The van der Waals surface area contributed by atoms with Gasteiger partial charge in [0.15, 0.2) is 6.61 Å². The summed E-state index contributed by atoms with van der Waals surface area (Å²) in [6.45, 7) is -0.306. The van der Waals surface area contributed by atoms with Gasteiger partial charge < -0.3 is 10.1 Å². The first-order valence-corrected chi connectivity index (χ1v) is 8.52. The number of hydrogen-bond acceptors (Lipinski definition) is 4. The predicted octanol–water partition coefficient (Wildman–Crippen LogP) is 1.64. The van der Waals surface area contributed by atoms with E-state index in [1.807, 2.05) is 0 Å². The van der Waals surface area contributed by atoms with Crippen molar-refractivity contribution in [3.63, 3.8) is 0 Å². The molecule has 1 aliphatic rings. The Labute approximate surface area is 126 Å². The molecular formula is C15H19NO4S. The summed E-state index contributed by atoms with van der Waals surface area (Å²) < 4.78 is 16.6. The number of ether oxygens (including phenoxy) is 1. The molecule has 21 heavy (non-hydrogen) atoms. The Morgan fingerprint density at radius 1 is 1.29 bits per heavy atom. The molecule has 1 amide bonds. The number of nitrogens with one attached hydrogen (secondary N) is 1. The van der Waals surface area contributed by atoms with E-state index in [2.05, 4.69) is 5.32 Å². The van der Waals surface area contributed by atoms with Gasteiger partial charge in [0.2, 0.25) is 0 Å². The third-order valence-electron chi connectivity index (χ3n) is 3.47. The highest BCUT2D eigenvalue weighted by Gasteiger charge is 2.19. The van der Waals surface area contributed by atoms with E-state index in [9.17, 15) is 13.8 Å². The van der Waals surface area contributed by atoms with Crippen molar-refractivity contribution >= 4 is 22.7 Å². The first-order chi connectivity index (χ1) is 10.1. The molecule has 1 aliphatic carbocycles. The smallest absolute Gasteiger partial charge is 0.339 e. The number of esters is 1. The van der Waals surface area contributed by atoms with Crippen LogP contribution in [0.3, 0.4) is 0 Å². The fourth-order valence-electron chi connectivity index (χ4n) is 2.43. The monoisotopic (exact) mass is 309 g/mol. The van der Waals surface area contributed by atoms with E-state index in [-0.39, 0.29) is 24.1 Å². The summed E-state index contributed by atoms with van der Waals surface area (Å²) in [5, 5.41) is 2.85. The summed E-state index contributed by atoms with van der Waals surface area (Å²) in [5.41, 5.74) is 0.243. The van der Waals surface area contributed by atoms with Crippen molar-refractivity contribution in [3.8, 4) is 0 Å². The van der Waals surface area contributed by atoms with Crippen LogP contribution >= 0.6 is 0 Å². The average Bonchev–Trinajstić information content (AvgIpc) is 2.97. The number of hydrogen-bond donors (Lipinski definition) is 1. The Balaban J connectivity index is 1.89. The molecule has 0 radical (unpaired) electrons. The molecule has 6 heteroatoms. The van der Waals surface area contributed by atoms with E-state index in [1.165, 1.54) is 6.26 Å². The summed E-state index contributed by atoms with van der Waals surface area (Å²) >= 11 is 0. The minimum atomic E-state index is -1.28. The Hall–Kier alpha value is -1.69. The lowest BCUT2D eigenvalue weighted by Crippen LogP contribution is -2.36. The maximum atomic E-state index is 12.0. The minimum absolute atomic E-state index is 0.201. The molecule has 0 aromatic heterocycles. The van der Waals surface area contributed by atoms with Crippen LogP contribution in [0.5, 0.6) is 0 Å². The van der Waals surface area contributed by atoms with Crippen LogP contribution < -0.4 is 5.32 Å². The van der Waals surface area contributed by atoms with Crippen LogP contribution in [0.15, 0.2) is 29.2 Å². The highest BCUT2D eigenvalue weighted by Crippen LogP contribution is 2.17. The second-order valence-corrected chi connectivity index (χ2v) is 6.42. The molecule has 114 valence electrons. The van der Waals surface area contributed by atoms with Crippen LogP contribution in [0.2, 0.25) is 0 Å². The highest BCUT2D eigenvalue weighted by molar-refractivity contribution is 7.84. The van der Waals surface area contributed by atoms with E-state index < -0.39 is 16.8 Å². The molecule has 2 rings (SSSR count). The molecule has 0 aliphatic heterocycles. The summed E-state index contributed by atoms with van der Waals surface area (Å²) in [7, 11) is -1.28. The molecule has 0 heterocycles. The van der Waals surface area contributed by atoms with Gasteiger partial charge in [-0.3, -0.25) is 9.00 Å². The number of amides is 1. The number of benzene rings is 1. The molecule has 1 N–H and O–H groups in total. The third-order valence-corrected chi connectivity index (χ3v) is 4.45. The maximum absolute atomic E-state index is 12.0. The Morgan fingerprint density at radius 3 is 2.62 bits per heavy atom. The van der Waals surface area contributed by atoms with Crippen LogP contribution in [-0.2, 0) is 20.3 Å². The quantitative estimate of drug-likeness (QED) is 0.839. The van der Waals surface area contributed by atoms with E-state index in [0.29, 0.717) is 4.90 Å². The predicted molar refractivity (Wildman–Crippen MR) is 79.5 cm³/mol. The molecule has 1 atom stereocenters. The van der Waals surface area contributed by atoms with Gasteiger partial charge in [0.1, 0.15) is 0 Å². The van der Waals surface area contributed by atoms with Crippen molar-refractivity contribution < 1.29 is 18.5 Å². The van der Waals surface area contributed by atoms with Crippen molar-refractivity contribution in [2.75, 3.05) is 12.9 Å². The van der Waals surface area contributed by atoms with Crippen LogP contribution in [-0.4, -0.2) is 35.0 Å². The standard InChI is InChI=1S/C15H19NO4S/c1-21(19)13-9-5-4-8-12(13)15(18)20-10-14(17)16-11-6-2-3-7-11/h4-5,8-9,11H,2-3,6-7,10H2,1H3,(H,16,17)/t21-/m0/s1. The van der Waals surface area contributed by atoms with Gasteiger partial charge in [0, 0.05) is 12.3 Å². The van der Waals surface area contributed by atoms with Crippen LogP contribution in [0.25, 0.3) is 0 Å². The summed E-state index contributed by atoms with van der Waals surface area (Å²) in [6, 6.07) is 6.75. The first kappa shape index (κ1) is 15.7. The zero-order valence-electron chi connectivity index (χ0n) is 12.0. The third kappa shape index (κ3) is 4.39. The molecule has 5 nitrogen and oxygen atoms in total. The van der Waals surface area contributed by atoms with Gasteiger partial charge in [-0.05, 0) is 25.0 Å². The summed E-state index contributed by atoms with van der Waals surface area (Å²) in [6.07, 6.45) is 5.72. The lowest BCUT2D eigenvalue weighted by molar-refractivity contribution is -0.124. The van der Waals surface area contributed by atoms with Gasteiger partial charge in [-0.25, -0.2) is 4.79 Å². The molecular weight excluding hydrogens is 290 g/mol. The van der Waals surface area contributed by atoms with E-state index in [0.717, 1.165) is 25.7 Å². The fourth-order valence-corrected chi connectivity index (χ4v) is 3.17. The molecule has 0 bridgehead atoms. The van der Waals surface area contributed by atoms with E-state index in [1.54, 1.807) is 24.3 Å². The summed E-state index contributed by atoms with van der Waals surface area (Å²) in [4.78, 5) is 24.1. The number of carbonyl (C=O) groups is 2. The van der Waals surface area contributed by atoms with Crippen molar-refractivity contribution in [2.24, 2.45) is 0 Å². The molecule has 0 saturated heterocycles. The zero-order valence-corrected chi connectivity index (χ0v) is 12.8. The van der Waals surface area contributed by atoms with Crippen molar-refractivity contribution in [3.05, 3.63) is 29.8 Å². The Morgan fingerprint density at radius 2 is 1.95 bits per heavy atom. The van der Waals surface area contributed by atoms with Gasteiger partial charge in [0.05, 0.1) is 21.3 Å². The lowest BCUT2D eigenvalue weighted by Gasteiger charge is -2.12. The molecule has 1 saturated carbocycles. The minimum Gasteiger partial charge on any atom is -0.452 e. The molecule has 0 unspecified atom stereocenters. The maximum Gasteiger partial charge on any atom is 0.339 e. The van der Waals surface area contributed by atoms with Gasteiger partial charge in [-0.2, -0.15) is 0 Å². The topological polar surface area (TPSA) is 72.5 Å². The van der Waals surface area contributed by atoms with Crippen LogP contribution in [0, 0.1) is 0 Å². The average molecular weight is 309 g/mol. The highest BCUT2D eigenvalue weighted by atomic mass is 32.2.